The van der Waals surface area contributed by atoms with Gasteiger partial charge in [-0.2, -0.15) is 0 Å². The second-order valence-electron chi connectivity index (χ2n) is 6.60. The van der Waals surface area contributed by atoms with Crippen LogP contribution in [-0.2, 0) is 0 Å². The number of rotatable bonds is 7. The van der Waals surface area contributed by atoms with E-state index in [0.29, 0.717) is 24.9 Å². The topological polar surface area (TPSA) is 52.6 Å². The van der Waals surface area contributed by atoms with Crippen LogP contribution in [0.1, 0.15) is 38.0 Å². The number of nitrogens with one attached hydrogen (secondary N) is 1. The van der Waals surface area contributed by atoms with E-state index in [1.165, 1.54) is 10.5 Å². The highest BCUT2D eigenvalue weighted by Crippen LogP contribution is 2.26. The molecule has 1 aromatic heterocycles. The zero-order valence-electron chi connectivity index (χ0n) is 14.1. The molecule has 1 aromatic rings. The molecule has 1 aliphatic rings. The summed E-state index contributed by atoms with van der Waals surface area (Å²) in [7, 11) is 0. The zero-order chi connectivity index (χ0) is 16.7. The summed E-state index contributed by atoms with van der Waals surface area (Å²) in [4.78, 5) is 15.5. The molecule has 0 saturated heterocycles. The Labute approximate surface area is 143 Å². The first-order valence-corrected chi connectivity index (χ1v) is 9.34. The average molecular weight is 337 g/mol. The Balaban J connectivity index is 1.80. The molecule has 0 aromatic carbocycles. The fraction of sp³-hybridized carbons (Fsp3) is 0.611. The molecule has 4 nitrogen and oxygen atoms in total. The van der Waals surface area contributed by atoms with Crippen molar-refractivity contribution in [1.82, 2.24) is 10.2 Å². The lowest BCUT2D eigenvalue weighted by molar-refractivity contribution is 0.195. The molecule has 2 amide bonds. The summed E-state index contributed by atoms with van der Waals surface area (Å²) in [5.41, 5.74) is 1.35. The van der Waals surface area contributed by atoms with Crippen LogP contribution in [-0.4, -0.2) is 42.3 Å². The van der Waals surface area contributed by atoms with Crippen LogP contribution < -0.4 is 5.32 Å². The van der Waals surface area contributed by atoms with Crippen molar-refractivity contribution in [3.63, 3.8) is 0 Å². The maximum absolute atomic E-state index is 12.3. The Hall–Kier alpha value is -1.33. The van der Waals surface area contributed by atoms with Crippen molar-refractivity contribution >= 4 is 22.9 Å². The predicted octanol–water partition coefficient (Wildman–Crippen LogP) is 3.59. The van der Waals surface area contributed by atoms with Crippen molar-refractivity contribution in [3.8, 4) is 0 Å². The maximum Gasteiger partial charge on any atom is 0.317 e. The van der Waals surface area contributed by atoms with Crippen LogP contribution in [0.15, 0.2) is 23.6 Å². The Morgan fingerprint density at radius 1 is 1.48 bits per heavy atom. The summed E-state index contributed by atoms with van der Waals surface area (Å²) in [6, 6.07) is 4.21. The highest BCUT2D eigenvalue weighted by Gasteiger charge is 2.19. The molecule has 2 rings (SSSR count). The molecule has 2 N–H and O–H groups in total. The minimum absolute atomic E-state index is 0.0122. The van der Waals surface area contributed by atoms with E-state index in [1.807, 2.05) is 4.90 Å². The zero-order valence-corrected chi connectivity index (χ0v) is 14.9. The van der Waals surface area contributed by atoms with Gasteiger partial charge < -0.3 is 15.3 Å². The van der Waals surface area contributed by atoms with Gasteiger partial charge in [-0.3, -0.25) is 0 Å². The second kappa shape index (κ2) is 9.08. The van der Waals surface area contributed by atoms with Crippen LogP contribution in [0.3, 0.4) is 0 Å². The number of carbonyl (C=O) groups excluding carboxylic acids is 1. The van der Waals surface area contributed by atoms with E-state index < -0.39 is 0 Å². The molecule has 0 radical (unpaired) electrons. The highest BCUT2D eigenvalue weighted by atomic mass is 32.1. The molecule has 1 atom stereocenters. The number of nitrogens with zero attached hydrogens (tertiary/aromatic N) is 1. The standard InChI is InChI=1S/C18H28N2O2S/c1-14(2)12-15(7-10-21)13-19-18(22)20-8-5-16(6-9-20)17-4-3-11-23-17/h3-5,11,14-15,21H,6-10,12-13H2,1-2H3,(H,19,22). The van der Waals surface area contributed by atoms with Gasteiger partial charge in [-0.25, -0.2) is 4.79 Å². The molecule has 0 bridgehead atoms. The summed E-state index contributed by atoms with van der Waals surface area (Å²) in [6.45, 7) is 6.62. The molecule has 5 heteroatoms. The molecule has 0 aliphatic carbocycles. The summed E-state index contributed by atoms with van der Waals surface area (Å²) < 4.78 is 0. The van der Waals surface area contributed by atoms with Gasteiger partial charge in [-0.05, 0) is 48.1 Å². The van der Waals surface area contributed by atoms with Crippen molar-refractivity contribution in [3.05, 3.63) is 28.5 Å². The van der Waals surface area contributed by atoms with Crippen molar-refractivity contribution < 1.29 is 9.90 Å². The molecule has 0 spiro atoms. The van der Waals surface area contributed by atoms with E-state index in [9.17, 15) is 4.79 Å². The molecule has 0 fully saturated rings. The third kappa shape index (κ3) is 5.66. The fourth-order valence-electron chi connectivity index (χ4n) is 3.03. The Bertz CT molecular complexity index is 511. The minimum Gasteiger partial charge on any atom is -0.396 e. The fourth-order valence-corrected chi connectivity index (χ4v) is 3.83. The van der Waals surface area contributed by atoms with Crippen LogP contribution in [0.2, 0.25) is 0 Å². The quantitative estimate of drug-likeness (QED) is 0.799. The van der Waals surface area contributed by atoms with Crippen LogP contribution in [0.25, 0.3) is 5.57 Å². The summed E-state index contributed by atoms with van der Waals surface area (Å²) >= 11 is 1.75. The van der Waals surface area contributed by atoms with Gasteiger partial charge in [0.1, 0.15) is 0 Å². The lowest BCUT2D eigenvalue weighted by atomic mass is 9.94. The second-order valence-corrected chi connectivity index (χ2v) is 7.54. The first kappa shape index (κ1) is 18.0. The van der Waals surface area contributed by atoms with Gasteiger partial charge in [0.15, 0.2) is 0 Å². The van der Waals surface area contributed by atoms with Crippen molar-refractivity contribution in [1.29, 1.82) is 0 Å². The van der Waals surface area contributed by atoms with Gasteiger partial charge >= 0.3 is 6.03 Å². The molecule has 128 valence electrons. The number of hydrogen-bond donors (Lipinski definition) is 2. The number of amides is 2. The molecule has 0 saturated carbocycles. The molecular formula is C18H28N2O2S. The van der Waals surface area contributed by atoms with E-state index in [0.717, 1.165) is 25.8 Å². The van der Waals surface area contributed by atoms with Gasteiger partial charge in [-0.1, -0.05) is 26.0 Å². The van der Waals surface area contributed by atoms with Crippen LogP contribution in [0.4, 0.5) is 4.79 Å². The summed E-state index contributed by atoms with van der Waals surface area (Å²) in [6.07, 6.45) is 4.86. The lowest BCUT2D eigenvalue weighted by Gasteiger charge is -2.27. The van der Waals surface area contributed by atoms with Gasteiger partial charge in [0.05, 0.1) is 0 Å². The monoisotopic (exact) mass is 336 g/mol. The first-order chi connectivity index (χ1) is 11.1. The minimum atomic E-state index is 0.0122. The number of aliphatic hydroxyl groups is 1. The van der Waals surface area contributed by atoms with Crippen molar-refractivity contribution in [2.24, 2.45) is 11.8 Å². The number of thiophene rings is 1. The Kier molecular flexibility index (Phi) is 7.12. The molecule has 1 unspecified atom stereocenters. The van der Waals surface area contributed by atoms with Crippen LogP contribution >= 0.6 is 11.3 Å². The van der Waals surface area contributed by atoms with E-state index in [-0.39, 0.29) is 12.6 Å². The molecule has 23 heavy (non-hydrogen) atoms. The van der Waals surface area contributed by atoms with Gasteiger partial charge in [-0.15, -0.1) is 11.3 Å². The number of carbonyl (C=O) groups is 1. The maximum atomic E-state index is 12.3. The van der Waals surface area contributed by atoms with E-state index >= 15 is 0 Å². The van der Waals surface area contributed by atoms with Crippen LogP contribution in [0.5, 0.6) is 0 Å². The number of hydrogen-bond acceptors (Lipinski definition) is 3. The largest absolute Gasteiger partial charge is 0.396 e. The first-order valence-electron chi connectivity index (χ1n) is 8.46. The van der Waals surface area contributed by atoms with Crippen molar-refractivity contribution in [2.45, 2.75) is 33.1 Å². The Morgan fingerprint density at radius 3 is 2.87 bits per heavy atom. The van der Waals surface area contributed by atoms with Gasteiger partial charge in [0.25, 0.3) is 0 Å². The van der Waals surface area contributed by atoms with E-state index in [1.54, 1.807) is 11.3 Å². The van der Waals surface area contributed by atoms with E-state index in [4.69, 9.17) is 5.11 Å². The van der Waals surface area contributed by atoms with Crippen molar-refractivity contribution in [2.75, 3.05) is 26.2 Å². The third-order valence-electron chi connectivity index (χ3n) is 4.22. The Morgan fingerprint density at radius 2 is 2.30 bits per heavy atom. The van der Waals surface area contributed by atoms with Gasteiger partial charge in [0, 0.05) is 31.1 Å². The average Bonchev–Trinajstić information content (AvgIpc) is 3.06. The SMILES string of the molecule is CC(C)CC(CCO)CNC(=O)N1CC=C(c2cccs2)CC1. The molecule has 2 heterocycles. The number of aliphatic hydroxyl groups excluding tert-OH is 1. The smallest absolute Gasteiger partial charge is 0.317 e. The van der Waals surface area contributed by atoms with Crippen LogP contribution in [0, 0.1) is 11.8 Å². The van der Waals surface area contributed by atoms with E-state index in [2.05, 4.69) is 42.8 Å². The highest BCUT2D eigenvalue weighted by molar-refractivity contribution is 7.11. The molecular weight excluding hydrogens is 308 g/mol. The summed E-state index contributed by atoms with van der Waals surface area (Å²) in [5, 5.41) is 14.3. The van der Waals surface area contributed by atoms with Gasteiger partial charge in [0.2, 0.25) is 0 Å². The summed E-state index contributed by atoms with van der Waals surface area (Å²) in [5.74, 6) is 0.931. The predicted molar refractivity (Wildman–Crippen MR) is 96.5 cm³/mol. The lowest BCUT2D eigenvalue weighted by Crippen LogP contribution is -2.43. The number of urea groups is 1. The normalized spacial score (nSPS) is 16.3. The molecule has 1 aliphatic heterocycles. The third-order valence-corrected chi connectivity index (χ3v) is 5.16.